The van der Waals surface area contributed by atoms with Gasteiger partial charge in [0.05, 0.1) is 18.4 Å². The third-order valence-electron chi connectivity index (χ3n) is 2.99. The largest absolute Gasteiger partial charge is 0.495 e. The van der Waals surface area contributed by atoms with Crippen LogP contribution in [0.25, 0.3) is 0 Å². The molecule has 20 heavy (non-hydrogen) atoms. The van der Waals surface area contributed by atoms with Gasteiger partial charge in [-0.15, -0.1) is 0 Å². The van der Waals surface area contributed by atoms with Crippen LogP contribution in [0.1, 0.15) is 16.7 Å². The highest BCUT2D eigenvalue weighted by molar-refractivity contribution is 5.58. The van der Waals surface area contributed by atoms with E-state index < -0.39 is 5.82 Å². The van der Waals surface area contributed by atoms with Gasteiger partial charge in [-0.2, -0.15) is 5.26 Å². The number of hydrogen-bond donors (Lipinski definition) is 1. The maximum Gasteiger partial charge on any atom is 0.142 e. The molecule has 2 rings (SSSR count). The Kier molecular flexibility index (Phi) is 4.21. The van der Waals surface area contributed by atoms with E-state index in [2.05, 4.69) is 5.32 Å². The molecule has 0 radical (unpaired) electrons. The molecule has 2 aromatic rings. The Hall–Kier alpha value is -2.54. The van der Waals surface area contributed by atoms with Gasteiger partial charge in [-0.3, -0.25) is 0 Å². The van der Waals surface area contributed by atoms with Crippen LogP contribution in [0.3, 0.4) is 0 Å². The SMILES string of the molecule is COc1cc(C)ccc1NCc1ccc(F)c(C#N)c1. The Balaban J connectivity index is 2.15. The quantitative estimate of drug-likeness (QED) is 0.922. The molecule has 1 N–H and O–H groups in total. The average molecular weight is 270 g/mol. The van der Waals surface area contributed by atoms with Crippen molar-refractivity contribution in [2.75, 3.05) is 12.4 Å². The number of nitrogens with zero attached hydrogens (tertiary/aromatic N) is 1. The number of rotatable bonds is 4. The van der Waals surface area contributed by atoms with Crippen LogP contribution in [0.2, 0.25) is 0 Å². The summed E-state index contributed by atoms with van der Waals surface area (Å²) in [5.74, 6) is 0.261. The fraction of sp³-hybridized carbons (Fsp3) is 0.188. The van der Waals surface area contributed by atoms with E-state index in [1.165, 1.54) is 6.07 Å². The molecule has 4 heteroatoms. The first-order chi connectivity index (χ1) is 9.63. The standard InChI is InChI=1S/C16H15FN2O/c1-11-3-6-15(16(7-11)20-2)19-10-12-4-5-14(17)13(8-12)9-18/h3-8,19H,10H2,1-2H3. The van der Waals surface area contributed by atoms with Gasteiger partial charge < -0.3 is 10.1 Å². The zero-order valence-corrected chi connectivity index (χ0v) is 11.4. The van der Waals surface area contributed by atoms with E-state index in [-0.39, 0.29) is 5.56 Å². The number of anilines is 1. The monoisotopic (exact) mass is 270 g/mol. The molecule has 0 amide bonds. The van der Waals surface area contributed by atoms with Gasteiger partial charge in [-0.05, 0) is 42.3 Å². The molecule has 0 saturated carbocycles. The van der Waals surface area contributed by atoms with Gasteiger partial charge in [-0.25, -0.2) is 4.39 Å². The van der Waals surface area contributed by atoms with Crippen molar-refractivity contribution in [3.8, 4) is 11.8 Å². The highest BCUT2D eigenvalue weighted by Crippen LogP contribution is 2.25. The molecule has 0 aliphatic heterocycles. The minimum Gasteiger partial charge on any atom is -0.495 e. The van der Waals surface area contributed by atoms with Crippen molar-refractivity contribution in [3.63, 3.8) is 0 Å². The molecular formula is C16H15FN2O. The summed E-state index contributed by atoms with van der Waals surface area (Å²) in [5.41, 5.74) is 2.87. The Morgan fingerprint density at radius 3 is 2.75 bits per heavy atom. The highest BCUT2D eigenvalue weighted by atomic mass is 19.1. The maximum absolute atomic E-state index is 13.2. The second-order valence-electron chi connectivity index (χ2n) is 4.48. The first-order valence-corrected chi connectivity index (χ1v) is 6.21. The average Bonchev–Trinajstić information content (AvgIpc) is 2.47. The van der Waals surface area contributed by atoms with Crippen LogP contribution in [-0.4, -0.2) is 7.11 Å². The van der Waals surface area contributed by atoms with Crippen molar-refractivity contribution in [3.05, 3.63) is 58.9 Å². The Bertz CT molecular complexity index is 662. The number of aryl methyl sites for hydroxylation is 1. The highest BCUT2D eigenvalue weighted by Gasteiger charge is 2.05. The normalized spacial score (nSPS) is 9.90. The van der Waals surface area contributed by atoms with Crippen molar-refractivity contribution in [2.45, 2.75) is 13.5 Å². The lowest BCUT2D eigenvalue weighted by Gasteiger charge is -2.12. The summed E-state index contributed by atoms with van der Waals surface area (Å²) >= 11 is 0. The van der Waals surface area contributed by atoms with Gasteiger partial charge >= 0.3 is 0 Å². The smallest absolute Gasteiger partial charge is 0.142 e. The van der Waals surface area contributed by atoms with Crippen LogP contribution in [0.5, 0.6) is 5.75 Å². The lowest BCUT2D eigenvalue weighted by Crippen LogP contribution is -2.02. The lowest BCUT2D eigenvalue weighted by molar-refractivity contribution is 0.416. The second kappa shape index (κ2) is 6.07. The summed E-state index contributed by atoms with van der Waals surface area (Å²) in [6, 6.07) is 12.2. The van der Waals surface area contributed by atoms with Crippen molar-refractivity contribution < 1.29 is 9.13 Å². The van der Waals surface area contributed by atoms with E-state index in [4.69, 9.17) is 10.00 Å². The minimum atomic E-state index is -0.496. The zero-order valence-electron chi connectivity index (χ0n) is 11.4. The summed E-state index contributed by atoms with van der Waals surface area (Å²) in [5, 5.41) is 12.0. The first-order valence-electron chi connectivity index (χ1n) is 6.21. The van der Waals surface area contributed by atoms with Crippen LogP contribution in [0.15, 0.2) is 36.4 Å². The van der Waals surface area contributed by atoms with Gasteiger partial charge in [-0.1, -0.05) is 12.1 Å². The van der Waals surface area contributed by atoms with Crippen LogP contribution < -0.4 is 10.1 Å². The summed E-state index contributed by atoms with van der Waals surface area (Å²) in [6.07, 6.45) is 0. The van der Waals surface area contributed by atoms with Crippen LogP contribution in [0, 0.1) is 24.1 Å². The second-order valence-corrected chi connectivity index (χ2v) is 4.48. The summed E-state index contributed by atoms with van der Waals surface area (Å²) in [7, 11) is 1.62. The minimum absolute atomic E-state index is 0.0557. The fourth-order valence-corrected chi connectivity index (χ4v) is 1.91. The van der Waals surface area contributed by atoms with Gasteiger partial charge in [0.1, 0.15) is 17.6 Å². The number of benzene rings is 2. The molecule has 0 atom stereocenters. The summed E-state index contributed by atoms with van der Waals surface area (Å²) in [6.45, 7) is 2.49. The molecule has 3 nitrogen and oxygen atoms in total. The molecule has 2 aromatic carbocycles. The number of methoxy groups -OCH3 is 1. The van der Waals surface area contributed by atoms with Crippen molar-refractivity contribution >= 4 is 5.69 Å². The van der Waals surface area contributed by atoms with Gasteiger partial charge in [0.25, 0.3) is 0 Å². The summed E-state index contributed by atoms with van der Waals surface area (Å²) in [4.78, 5) is 0. The van der Waals surface area contributed by atoms with Crippen molar-refractivity contribution in [2.24, 2.45) is 0 Å². The van der Waals surface area contributed by atoms with Gasteiger partial charge in [0.2, 0.25) is 0 Å². The summed E-state index contributed by atoms with van der Waals surface area (Å²) < 4.78 is 18.5. The molecule has 0 bridgehead atoms. The number of halogens is 1. The van der Waals surface area contributed by atoms with E-state index in [0.717, 1.165) is 22.6 Å². The molecule has 0 heterocycles. The molecular weight excluding hydrogens is 255 g/mol. The zero-order chi connectivity index (χ0) is 14.5. The van der Waals surface area contributed by atoms with E-state index in [9.17, 15) is 4.39 Å². The molecule has 0 aliphatic carbocycles. The van der Waals surface area contributed by atoms with E-state index in [0.29, 0.717) is 6.54 Å². The Labute approximate surface area is 117 Å². The lowest BCUT2D eigenvalue weighted by atomic mass is 10.1. The first kappa shape index (κ1) is 13.9. The van der Waals surface area contributed by atoms with Crippen molar-refractivity contribution in [1.82, 2.24) is 0 Å². The van der Waals surface area contributed by atoms with Crippen LogP contribution in [-0.2, 0) is 6.54 Å². The topological polar surface area (TPSA) is 45.0 Å². The van der Waals surface area contributed by atoms with Crippen molar-refractivity contribution in [1.29, 1.82) is 5.26 Å². The molecule has 102 valence electrons. The third-order valence-corrected chi connectivity index (χ3v) is 2.99. The van der Waals surface area contributed by atoms with Crippen LogP contribution >= 0.6 is 0 Å². The Morgan fingerprint density at radius 2 is 2.05 bits per heavy atom. The Morgan fingerprint density at radius 1 is 1.25 bits per heavy atom. The fourth-order valence-electron chi connectivity index (χ4n) is 1.91. The third kappa shape index (κ3) is 3.07. The van der Waals surface area contributed by atoms with Gasteiger partial charge in [0, 0.05) is 6.54 Å². The van der Waals surface area contributed by atoms with E-state index in [1.54, 1.807) is 19.2 Å². The van der Waals surface area contributed by atoms with E-state index >= 15 is 0 Å². The molecule has 0 unspecified atom stereocenters. The number of nitrogens with one attached hydrogen (secondary N) is 1. The number of nitriles is 1. The maximum atomic E-state index is 13.2. The number of hydrogen-bond acceptors (Lipinski definition) is 3. The molecule has 0 aromatic heterocycles. The van der Waals surface area contributed by atoms with Crippen LogP contribution in [0.4, 0.5) is 10.1 Å². The van der Waals surface area contributed by atoms with Gasteiger partial charge in [0.15, 0.2) is 0 Å². The van der Waals surface area contributed by atoms with E-state index in [1.807, 2.05) is 31.2 Å². The molecule has 0 aliphatic rings. The molecule has 0 spiro atoms. The predicted octanol–water partition coefficient (Wildman–Crippen LogP) is 3.63. The number of ether oxygens (including phenoxy) is 1. The molecule has 0 saturated heterocycles. The predicted molar refractivity (Wildman–Crippen MR) is 76.2 cm³/mol. The molecule has 0 fully saturated rings.